The van der Waals surface area contributed by atoms with E-state index < -0.39 is 11.8 Å². The highest BCUT2D eigenvalue weighted by Gasteiger charge is 2.07. The number of rotatable bonds is 7. The van der Waals surface area contributed by atoms with Crippen LogP contribution in [0.15, 0.2) is 53.6 Å². The molecule has 2 aromatic carbocycles. The standard InChI is InChI=1S/C17H17N3O5/c21-9-10-25-15-4-2-1-3-14(15)11-18-19-16(22)12-5-7-13(8-6-12)17(23)20-24/h1-8,11,21,24H,9-10H2,(H,19,22)(H,20,23)/b18-11+. The molecule has 0 aliphatic carbocycles. The number of para-hydroxylation sites is 1. The van der Waals surface area contributed by atoms with Crippen LogP contribution in [-0.2, 0) is 0 Å². The summed E-state index contributed by atoms with van der Waals surface area (Å²) in [6.45, 7) is 0.0531. The van der Waals surface area contributed by atoms with Gasteiger partial charge in [0.25, 0.3) is 11.8 Å². The quantitative estimate of drug-likeness (QED) is 0.339. The van der Waals surface area contributed by atoms with Crippen molar-refractivity contribution >= 4 is 18.0 Å². The number of carbonyl (C=O) groups excluding carboxylic acids is 2. The molecule has 0 radical (unpaired) electrons. The number of benzene rings is 2. The van der Waals surface area contributed by atoms with E-state index in [0.717, 1.165) is 0 Å². The van der Waals surface area contributed by atoms with Crippen molar-refractivity contribution in [2.24, 2.45) is 5.10 Å². The van der Waals surface area contributed by atoms with Crippen LogP contribution in [0.2, 0.25) is 0 Å². The number of aliphatic hydroxyl groups is 1. The summed E-state index contributed by atoms with van der Waals surface area (Å²) in [4.78, 5) is 23.2. The number of nitrogens with one attached hydrogen (secondary N) is 2. The molecule has 2 rings (SSSR count). The van der Waals surface area contributed by atoms with E-state index in [9.17, 15) is 9.59 Å². The van der Waals surface area contributed by atoms with Crippen molar-refractivity contribution in [1.82, 2.24) is 10.9 Å². The van der Waals surface area contributed by atoms with E-state index in [1.54, 1.807) is 24.3 Å². The smallest absolute Gasteiger partial charge is 0.274 e. The van der Waals surface area contributed by atoms with E-state index in [1.807, 2.05) is 0 Å². The molecule has 0 spiro atoms. The maximum absolute atomic E-state index is 12.0. The van der Waals surface area contributed by atoms with Gasteiger partial charge in [-0.15, -0.1) is 0 Å². The molecule has 0 aliphatic rings. The first-order chi connectivity index (χ1) is 12.2. The molecule has 0 aromatic heterocycles. The molecule has 0 aliphatic heterocycles. The average Bonchev–Trinajstić information content (AvgIpc) is 2.66. The highest BCUT2D eigenvalue weighted by Crippen LogP contribution is 2.15. The summed E-state index contributed by atoms with van der Waals surface area (Å²) in [7, 11) is 0. The summed E-state index contributed by atoms with van der Waals surface area (Å²) in [5.41, 5.74) is 5.05. The van der Waals surface area contributed by atoms with E-state index >= 15 is 0 Å². The number of hydrogen-bond acceptors (Lipinski definition) is 6. The van der Waals surface area contributed by atoms with Gasteiger partial charge in [-0.2, -0.15) is 5.10 Å². The molecule has 4 N–H and O–H groups in total. The molecule has 25 heavy (non-hydrogen) atoms. The highest BCUT2D eigenvalue weighted by molar-refractivity contribution is 5.97. The topological polar surface area (TPSA) is 120 Å². The lowest BCUT2D eigenvalue weighted by atomic mass is 10.1. The lowest BCUT2D eigenvalue weighted by molar-refractivity contribution is 0.0706. The van der Waals surface area contributed by atoms with Gasteiger partial charge in [-0.1, -0.05) is 12.1 Å². The van der Waals surface area contributed by atoms with Gasteiger partial charge in [0, 0.05) is 16.7 Å². The minimum atomic E-state index is -0.663. The van der Waals surface area contributed by atoms with Crippen LogP contribution in [0.25, 0.3) is 0 Å². The summed E-state index contributed by atoms with van der Waals surface area (Å²) in [5, 5.41) is 21.2. The Morgan fingerprint density at radius 2 is 1.68 bits per heavy atom. The lowest BCUT2D eigenvalue weighted by Crippen LogP contribution is -2.20. The van der Waals surface area contributed by atoms with Crippen molar-refractivity contribution in [2.45, 2.75) is 0 Å². The monoisotopic (exact) mass is 343 g/mol. The SMILES string of the molecule is O=C(NO)c1ccc(C(=O)N/N=C/c2ccccc2OCCO)cc1. The Kier molecular flexibility index (Phi) is 6.64. The number of hydrogen-bond donors (Lipinski definition) is 4. The summed E-state index contributed by atoms with van der Waals surface area (Å²) in [5.74, 6) is -0.584. The van der Waals surface area contributed by atoms with Crippen LogP contribution < -0.4 is 15.6 Å². The van der Waals surface area contributed by atoms with Crippen LogP contribution in [0.3, 0.4) is 0 Å². The number of amides is 2. The molecule has 0 saturated carbocycles. The van der Waals surface area contributed by atoms with Crippen molar-refractivity contribution in [3.05, 3.63) is 65.2 Å². The van der Waals surface area contributed by atoms with E-state index in [1.165, 1.54) is 36.0 Å². The van der Waals surface area contributed by atoms with E-state index in [-0.39, 0.29) is 18.8 Å². The van der Waals surface area contributed by atoms with Gasteiger partial charge in [0.2, 0.25) is 0 Å². The van der Waals surface area contributed by atoms with Gasteiger partial charge in [0.15, 0.2) is 0 Å². The van der Waals surface area contributed by atoms with E-state index in [4.69, 9.17) is 15.1 Å². The zero-order chi connectivity index (χ0) is 18.1. The van der Waals surface area contributed by atoms with Crippen molar-refractivity contribution in [3.8, 4) is 5.75 Å². The average molecular weight is 343 g/mol. The number of carbonyl (C=O) groups is 2. The number of hydrazone groups is 1. The second-order valence-electron chi connectivity index (χ2n) is 4.83. The van der Waals surface area contributed by atoms with Crippen LogP contribution in [0.4, 0.5) is 0 Å². The molecule has 130 valence electrons. The molecule has 8 heteroatoms. The van der Waals surface area contributed by atoms with Crippen LogP contribution >= 0.6 is 0 Å². The molecular weight excluding hydrogens is 326 g/mol. The fourth-order valence-corrected chi connectivity index (χ4v) is 1.94. The zero-order valence-electron chi connectivity index (χ0n) is 13.2. The van der Waals surface area contributed by atoms with Gasteiger partial charge in [0.1, 0.15) is 12.4 Å². The Balaban J connectivity index is 2.00. The Morgan fingerprint density at radius 1 is 1.04 bits per heavy atom. The largest absolute Gasteiger partial charge is 0.491 e. The number of hydroxylamine groups is 1. The third kappa shape index (κ3) is 5.13. The molecule has 0 heterocycles. The molecule has 2 aromatic rings. The Morgan fingerprint density at radius 3 is 2.32 bits per heavy atom. The van der Waals surface area contributed by atoms with Gasteiger partial charge in [-0.05, 0) is 36.4 Å². The zero-order valence-corrected chi connectivity index (χ0v) is 13.2. The number of ether oxygens (including phenoxy) is 1. The second kappa shape index (κ2) is 9.16. The normalized spacial score (nSPS) is 10.5. The fraction of sp³-hybridized carbons (Fsp3) is 0.118. The van der Waals surface area contributed by atoms with E-state index in [0.29, 0.717) is 16.9 Å². The van der Waals surface area contributed by atoms with Gasteiger partial charge in [-0.25, -0.2) is 10.9 Å². The molecule has 2 amide bonds. The minimum Gasteiger partial charge on any atom is -0.491 e. The maximum atomic E-state index is 12.0. The molecule has 0 bridgehead atoms. The van der Waals surface area contributed by atoms with Crippen molar-refractivity contribution in [3.63, 3.8) is 0 Å². The Labute approximate surface area is 143 Å². The molecular formula is C17H17N3O5. The molecule has 0 atom stereocenters. The summed E-state index contributed by atoms with van der Waals surface area (Å²) >= 11 is 0. The van der Waals surface area contributed by atoms with Crippen LogP contribution in [0.5, 0.6) is 5.75 Å². The van der Waals surface area contributed by atoms with Crippen LogP contribution in [0.1, 0.15) is 26.3 Å². The van der Waals surface area contributed by atoms with Crippen LogP contribution in [0, 0.1) is 0 Å². The molecule has 8 nitrogen and oxygen atoms in total. The summed E-state index contributed by atoms with van der Waals surface area (Å²) in [6.07, 6.45) is 1.43. The maximum Gasteiger partial charge on any atom is 0.274 e. The first-order valence-electron chi connectivity index (χ1n) is 7.36. The highest BCUT2D eigenvalue weighted by atomic mass is 16.5. The summed E-state index contributed by atoms with van der Waals surface area (Å²) < 4.78 is 5.36. The number of nitrogens with zero attached hydrogens (tertiary/aromatic N) is 1. The van der Waals surface area contributed by atoms with Gasteiger partial charge < -0.3 is 9.84 Å². The van der Waals surface area contributed by atoms with Gasteiger partial charge >= 0.3 is 0 Å². The predicted molar refractivity (Wildman–Crippen MR) is 89.8 cm³/mol. The van der Waals surface area contributed by atoms with Gasteiger partial charge in [0.05, 0.1) is 12.8 Å². The lowest BCUT2D eigenvalue weighted by Gasteiger charge is -2.07. The van der Waals surface area contributed by atoms with Gasteiger partial charge in [-0.3, -0.25) is 14.8 Å². The van der Waals surface area contributed by atoms with Crippen molar-refractivity contribution < 1.29 is 24.6 Å². The second-order valence-corrected chi connectivity index (χ2v) is 4.83. The van der Waals surface area contributed by atoms with Crippen molar-refractivity contribution in [2.75, 3.05) is 13.2 Å². The fourth-order valence-electron chi connectivity index (χ4n) is 1.94. The molecule has 0 unspecified atom stereocenters. The summed E-state index contributed by atoms with van der Waals surface area (Å²) in [6, 6.07) is 12.7. The molecule has 0 fully saturated rings. The molecule has 0 saturated heterocycles. The van der Waals surface area contributed by atoms with Crippen LogP contribution in [-0.4, -0.2) is 41.6 Å². The predicted octanol–water partition coefficient (Wildman–Crippen LogP) is 0.941. The Bertz CT molecular complexity index is 759. The minimum absolute atomic E-state index is 0.105. The first kappa shape index (κ1) is 18.1. The third-order valence-corrected chi connectivity index (χ3v) is 3.15. The third-order valence-electron chi connectivity index (χ3n) is 3.15. The van der Waals surface area contributed by atoms with Crippen molar-refractivity contribution in [1.29, 1.82) is 0 Å². The first-order valence-corrected chi connectivity index (χ1v) is 7.36. The number of aliphatic hydroxyl groups excluding tert-OH is 1. The van der Waals surface area contributed by atoms with E-state index in [2.05, 4.69) is 10.5 Å². The Hall–Kier alpha value is -3.23.